The molecule has 0 bridgehead atoms. The number of carboxylic acids is 2. The van der Waals surface area contributed by atoms with Crippen molar-refractivity contribution >= 4 is 11.9 Å². The lowest BCUT2D eigenvalue weighted by molar-refractivity contribution is -0.147. The SMILES string of the molecule is CC1(C(=O)O)C=CC=C(C(=O)O)C1CC=CF. The summed E-state index contributed by atoms with van der Waals surface area (Å²) in [5.74, 6) is -3.09. The van der Waals surface area contributed by atoms with Crippen molar-refractivity contribution in [1.82, 2.24) is 0 Å². The van der Waals surface area contributed by atoms with Gasteiger partial charge in [0.2, 0.25) is 0 Å². The van der Waals surface area contributed by atoms with Gasteiger partial charge in [0.1, 0.15) is 0 Å². The number of carbonyl (C=O) groups is 2. The normalized spacial score (nSPS) is 28.1. The van der Waals surface area contributed by atoms with Gasteiger partial charge in [-0.15, -0.1) is 0 Å². The molecule has 17 heavy (non-hydrogen) atoms. The van der Waals surface area contributed by atoms with E-state index in [0.717, 1.165) is 6.08 Å². The molecule has 0 aromatic heterocycles. The molecule has 5 heteroatoms. The van der Waals surface area contributed by atoms with Crippen LogP contribution in [0, 0.1) is 11.3 Å². The van der Waals surface area contributed by atoms with Gasteiger partial charge >= 0.3 is 11.9 Å². The molecule has 0 spiro atoms. The molecular formula is C12H13FO4. The van der Waals surface area contributed by atoms with Gasteiger partial charge in [-0.05, 0) is 13.3 Å². The van der Waals surface area contributed by atoms with Gasteiger partial charge in [-0.3, -0.25) is 4.79 Å². The smallest absolute Gasteiger partial charge is 0.331 e. The molecule has 0 saturated heterocycles. The van der Waals surface area contributed by atoms with Crippen LogP contribution in [0.4, 0.5) is 4.39 Å². The zero-order chi connectivity index (χ0) is 13.1. The molecule has 0 aliphatic heterocycles. The Balaban J connectivity index is 3.17. The number of rotatable bonds is 4. The van der Waals surface area contributed by atoms with Crippen molar-refractivity contribution in [3.05, 3.63) is 36.2 Å². The van der Waals surface area contributed by atoms with Crippen LogP contribution in [0.1, 0.15) is 13.3 Å². The Bertz CT molecular complexity index is 422. The van der Waals surface area contributed by atoms with Gasteiger partial charge in [-0.25, -0.2) is 9.18 Å². The molecule has 0 fully saturated rings. The van der Waals surface area contributed by atoms with Crippen LogP contribution in [0.15, 0.2) is 36.2 Å². The van der Waals surface area contributed by atoms with Gasteiger partial charge in [-0.1, -0.05) is 24.3 Å². The molecule has 1 rings (SSSR count). The van der Waals surface area contributed by atoms with E-state index in [1.165, 1.54) is 25.2 Å². The first-order chi connectivity index (χ1) is 7.93. The Labute approximate surface area is 97.8 Å². The first-order valence-corrected chi connectivity index (χ1v) is 5.04. The number of halogens is 1. The van der Waals surface area contributed by atoms with E-state index in [1.54, 1.807) is 0 Å². The van der Waals surface area contributed by atoms with Gasteiger partial charge in [0.05, 0.1) is 11.7 Å². The molecule has 0 heterocycles. The lowest BCUT2D eigenvalue weighted by Crippen LogP contribution is -2.38. The van der Waals surface area contributed by atoms with Crippen LogP contribution >= 0.6 is 0 Å². The highest BCUT2D eigenvalue weighted by atomic mass is 19.1. The van der Waals surface area contributed by atoms with Gasteiger partial charge in [-0.2, -0.15) is 0 Å². The van der Waals surface area contributed by atoms with E-state index in [0.29, 0.717) is 6.33 Å². The van der Waals surface area contributed by atoms with Gasteiger partial charge in [0, 0.05) is 11.5 Å². The van der Waals surface area contributed by atoms with Gasteiger partial charge in [0.25, 0.3) is 0 Å². The van der Waals surface area contributed by atoms with Crippen molar-refractivity contribution in [3.8, 4) is 0 Å². The lowest BCUT2D eigenvalue weighted by Gasteiger charge is -2.33. The Morgan fingerprint density at radius 2 is 2.18 bits per heavy atom. The number of allylic oxidation sites excluding steroid dienone is 3. The van der Waals surface area contributed by atoms with Crippen LogP contribution in [0.25, 0.3) is 0 Å². The van der Waals surface area contributed by atoms with Crippen LogP contribution in [0.2, 0.25) is 0 Å². The summed E-state index contributed by atoms with van der Waals surface area (Å²) in [5, 5.41) is 18.2. The monoisotopic (exact) mass is 240 g/mol. The second kappa shape index (κ2) is 4.95. The molecule has 2 atom stereocenters. The van der Waals surface area contributed by atoms with Crippen LogP contribution in [-0.2, 0) is 9.59 Å². The Hall–Kier alpha value is -1.91. The Morgan fingerprint density at radius 3 is 2.65 bits per heavy atom. The van der Waals surface area contributed by atoms with E-state index in [9.17, 15) is 19.1 Å². The fourth-order valence-corrected chi connectivity index (χ4v) is 1.91. The maximum Gasteiger partial charge on any atom is 0.331 e. The summed E-state index contributed by atoms with van der Waals surface area (Å²) in [6, 6.07) is 0. The average molecular weight is 240 g/mol. The predicted molar refractivity (Wildman–Crippen MR) is 59.0 cm³/mol. The first kappa shape index (κ1) is 13.2. The molecule has 4 nitrogen and oxygen atoms in total. The molecular weight excluding hydrogens is 227 g/mol. The molecule has 0 aromatic rings. The topological polar surface area (TPSA) is 74.6 Å². The van der Waals surface area contributed by atoms with Crippen molar-refractivity contribution in [2.75, 3.05) is 0 Å². The van der Waals surface area contributed by atoms with Crippen molar-refractivity contribution in [2.24, 2.45) is 11.3 Å². The van der Waals surface area contributed by atoms with Crippen LogP contribution in [0.3, 0.4) is 0 Å². The summed E-state index contributed by atoms with van der Waals surface area (Å²) in [6.45, 7) is 1.43. The third-order valence-electron chi connectivity index (χ3n) is 2.99. The minimum Gasteiger partial charge on any atom is -0.481 e. The molecule has 0 saturated carbocycles. The Kier molecular flexibility index (Phi) is 3.83. The minimum absolute atomic E-state index is 0.0181. The van der Waals surface area contributed by atoms with E-state index in [4.69, 9.17) is 5.11 Å². The zero-order valence-electron chi connectivity index (χ0n) is 9.26. The van der Waals surface area contributed by atoms with Crippen LogP contribution < -0.4 is 0 Å². The number of carboxylic acid groups (broad SMARTS) is 2. The summed E-state index contributed by atoms with van der Waals surface area (Å²) >= 11 is 0. The maximum atomic E-state index is 12.0. The second-order valence-corrected chi connectivity index (χ2v) is 4.02. The fourth-order valence-electron chi connectivity index (χ4n) is 1.91. The van der Waals surface area contributed by atoms with Crippen molar-refractivity contribution in [2.45, 2.75) is 13.3 Å². The van der Waals surface area contributed by atoms with E-state index < -0.39 is 23.3 Å². The molecule has 2 N–H and O–H groups in total. The summed E-state index contributed by atoms with van der Waals surface area (Å²) < 4.78 is 12.0. The Morgan fingerprint density at radius 1 is 1.53 bits per heavy atom. The summed E-state index contributed by atoms with van der Waals surface area (Å²) in [6.07, 6.45) is 5.64. The van der Waals surface area contributed by atoms with Crippen molar-refractivity contribution in [1.29, 1.82) is 0 Å². The summed E-state index contributed by atoms with van der Waals surface area (Å²) in [4.78, 5) is 22.3. The van der Waals surface area contributed by atoms with Crippen LogP contribution in [0.5, 0.6) is 0 Å². The molecule has 2 unspecified atom stereocenters. The van der Waals surface area contributed by atoms with E-state index >= 15 is 0 Å². The first-order valence-electron chi connectivity index (χ1n) is 5.04. The van der Waals surface area contributed by atoms with Crippen LogP contribution in [-0.4, -0.2) is 22.2 Å². The van der Waals surface area contributed by atoms with Gasteiger partial charge < -0.3 is 10.2 Å². The van der Waals surface area contributed by atoms with E-state index in [1.807, 2.05) is 0 Å². The maximum absolute atomic E-state index is 12.0. The second-order valence-electron chi connectivity index (χ2n) is 4.02. The van der Waals surface area contributed by atoms with E-state index in [-0.39, 0.29) is 12.0 Å². The highest BCUT2D eigenvalue weighted by Gasteiger charge is 2.43. The standard InChI is InChI=1S/C12H13FO4/c1-12(11(16)17)6-2-4-8(10(14)15)9(12)5-3-7-13/h2-4,6-7,9H,5H2,1H3,(H,14,15)(H,16,17). The highest BCUT2D eigenvalue weighted by molar-refractivity contribution is 5.91. The number of hydrogen-bond acceptors (Lipinski definition) is 2. The molecule has 1 aliphatic carbocycles. The molecule has 1 aliphatic rings. The minimum atomic E-state index is -1.33. The third kappa shape index (κ3) is 2.43. The largest absolute Gasteiger partial charge is 0.481 e. The predicted octanol–water partition coefficient (Wildman–Crippen LogP) is 2.15. The zero-order valence-corrected chi connectivity index (χ0v) is 9.26. The average Bonchev–Trinajstić information content (AvgIpc) is 2.26. The molecule has 0 amide bonds. The van der Waals surface area contributed by atoms with Crippen molar-refractivity contribution in [3.63, 3.8) is 0 Å². The number of hydrogen-bond donors (Lipinski definition) is 2. The highest BCUT2D eigenvalue weighted by Crippen LogP contribution is 2.40. The number of aliphatic carboxylic acids is 2. The van der Waals surface area contributed by atoms with Crippen molar-refractivity contribution < 1.29 is 24.2 Å². The fraction of sp³-hybridized carbons (Fsp3) is 0.333. The molecule has 0 radical (unpaired) electrons. The third-order valence-corrected chi connectivity index (χ3v) is 2.99. The quantitative estimate of drug-likeness (QED) is 0.789. The molecule has 92 valence electrons. The van der Waals surface area contributed by atoms with Gasteiger partial charge in [0.15, 0.2) is 0 Å². The molecule has 0 aromatic carbocycles. The summed E-state index contributed by atoms with van der Waals surface area (Å²) in [5.41, 5.74) is -1.35. The summed E-state index contributed by atoms with van der Waals surface area (Å²) in [7, 11) is 0. The van der Waals surface area contributed by atoms with E-state index in [2.05, 4.69) is 0 Å². The lowest BCUT2D eigenvalue weighted by atomic mass is 9.69.